The molecule has 1 atom stereocenters. The summed E-state index contributed by atoms with van der Waals surface area (Å²) in [6.07, 6.45) is 0. The first-order valence-corrected chi connectivity index (χ1v) is 6.92. The summed E-state index contributed by atoms with van der Waals surface area (Å²) in [7, 11) is 0. The van der Waals surface area contributed by atoms with Crippen LogP contribution < -0.4 is 0 Å². The van der Waals surface area contributed by atoms with E-state index in [1.165, 1.54) is 0 Å². The average Bonchev–Trinajstić information content (AvgIpc) is 2.97. The minimum atomic E-state index is -0.923. The van der Waals surface area contributed by atoms with Crippen molar-refractivity contribution < 1.29 is 19.1 Å². The molecule has 110 valence electrons. The summed E-state index contributed by atoms with van der Waals surface area (Å²) < 4.78 is 5.57. The van der Waals surface area contributed by atoms with Crippen molar-refractivity contribution in [3.63, 3.8) is 0 Å². The van der Waals surface area contributed by atoms with Gasteiger partial charge in [0, 0.05) is 10.9 Å². The Bertz CT molecular complexity index is 827. The summed E-state index contributed by atoms with van der Waals surface area (Å²) in [4.78, 5) is 23.6. The molecule has 0 aliphatic rings. The molecule has 3 aromatic rings. The molecule has 0 amide bonds. The molecule has 0 spiro atoms. The molecule has 0 bridgehead atoms. The molecular formula is C18H14O4. The largest absolute Gasteiger partial charge is 0.481 e. The Morgan fingerprint density at radius 2 is 1.82 bits per heavy atom. The van der Waals surface area contributed by atoms with Crippen molar-refractivity contribution in [3.8, 4) is 0 Å². The van der Waals surface area contributed by atoms with Gasteiger partial charge in [0.25, 0.3) is 0 Å². The molecule has 0 saturated carbocycles. The Labute approximate surface area is 127 Å². The highest BCUT2D eigenvalue weighted by atomic mass is 16.4. The van der Waals surface area contributed by atoms with Gasteiger partial charge < -0.3 is 9.52 Å². The van der Waals surface area contributed by atoms with Crippen molar-refractivity contribution in [2.45, 2.75) is 12.8 Å². The van der Waals surface area contributed by atoms with Crippen LogP contribution in [-0.2, 0) is 4.79 Å². The second-order valence-electron chi connectivity index (χ2n) is 5.16. The van der Waals surface area contributed by atoms with Crippen LogP contribution in [0.15, 0.2) is 59.0 Å². The number of benzene rings is 2. The molecule has 1 heterocycles. The summed E-state index contributed by atoms with van der Waals surface area (Å²) >= 11 is 0. The van der Waals surface area contributed by atoms with Crippen LogP contribution >= 0.6 is 0 Å². The second-order valence-corrected chi connectivity index (χ2v) is 5.16. The van der Waals surface area contributed by atoms with Crippen molar-refractivity contribution in [1.29, 1.82) is 0 Å². The van der Waals surface area contributed by atoms with E-state index >= 15 is 0 Å². The predicted molar refractivity (Wildman–Crippen MR) is 82.1 cm³/mol. The molecule has 4 heteroatoms. The number of carbonyl (C=O) groups is 2. The fraction of sp³-hybridized carbons (Fsp3) is 0.111. The minimum absolute atomic E-state index is 0.251. The lowest BCUT2D eigenvalue weighted by molar-refractivity contribution is -0.138. The number of carboxylic acids is 1. The van der Waals surface area contributed by atoms with Crippen LogP contribution in [0.3, 0.4) is 0 Å². The van der Waals surface area contributed by atoms with E-state index in [1.807, 2.05) is 18.2 Å². The van der Waals surface area contributed by atoms with Gasteiger partial charge in [-0.1, -0.05) is 36.4 Å². The summed E-state index contributed by atoms with van der Waals surface area (Å²) in [6, 6.07) is 15.7. The Balaban J connectivity index is 1.98. The van der Waals surface area contributed by atoms with Crippen LogP contribution in [0.2, 0.25) is 0 Å². The molecule has 0 fully saturated rings. The zero-order valence-corrected chi connectivity index (χ0v) is 11.9. The Morgan fingerprint density at radius 1 is 1.05 bits per heavy atom. The van der Waals surface area contributed by atoms with Gasteiger partial charge in [-0.05, 0) is 30.7 Å². The van der Waals surface area contributed by atoms with Gasteiger partial charge >= 0.3 is 5.97 Å². The van der Waals surface area contributed by atoms with Crippen LogP contribution in [0.25, 0.3) is 11.0 Å². The lowest BCUT2D eigenvalue weighted by atomic mass is 9.97. The highest BCUT2D eigenvalue weighted by molar-refractivity contribution is 6.09. The minimum Gasteiger partial charge on any atom is -0.481 e. The van der Waals surface area contributed by atoms with Gasteiger partial charge in [0.2, 0.25) is 5.78 Å². The molecule has 1 N–H and O–H groups in total. The molecule has 0 aliphatic heterocycles. The van der Waals surface area contributed by atoms with E-state index in [0.29, 0.717) is 16.7 Å². The van der Waals surface area contributed by atoms with Gasteiger partial charge in [-0.15, -0.1) is 0 Å². The molecule has 2 aromatic carbocycles. The van der Waals surface area contributed by atoms with E-state index in [1.54, 1.807) is 43.3 Å². The summed E-state index contributed by atoms with van der Waals surface area (Å²) in [5, 5.41) is 9.94. The van der Waals surface area contributed by atoms with Gasteiger partial charge in [-0.3, -0.25) is 9.59 Å². The Kier molecular flexibility index (Phi) is 3.51. The smallest absolute Gasteiger partial charge is 0.310 e. The second kappa shape index (κ2) is 5.48. The molecule has 3 rings (SSSR count). The first-order chi connectivity index (χ1) is 10.6. The zero-order valence-electron chi connectivity index (χ0n) is 11.9. The van der Waals surface area contributed by atoms with Crippen molar-refractivity contribution >= 4 is 22.7 Å². The first kappa shape index (κ1) is 14.1. The third-order valence-electron chi connectivity index (χ3n) is 3.67. The van der Waals surface area contributed by atoms with Gasteiger partial charge in [-0.25, -0.2) is 0 Å². The zero-order chi connectivity index (χ0) is 15.7. The van der Waals surface area contributed by atoms with E-state index in [2.05, 4.69) is 0 Å². The number of para-hydroxylation sites is 1. The maximum Gasteiger partial charge on any atom is 0.310 e. The third-order valence-corrected chi connectivity index (χ3v) is 3.67. The van der Waals surface area contributed by atoms with Crippen LogP contribution in [0, 0.1) is 0 Å². The van der Waals surface area contributed by atoms with Crippen LogP contribution in [-0.4, -0.2) is 16.9 Å². The molecule has 22 heavy (non-hydrogen) atoms. The van der Waals surface area contributed by atoms with Crippen molar-refractivity contribution in [1.82, 2.24) is 0 Å². The molecule has 1 aromatic heterocycles. The van der Waals surface area contributed by atoms with E-state index in [0.717, 1.165) is 5.39 Å². The number of furan rings is 1. The van der Waals surface area contributed by atoms with Crippen molar-refractivity contribution in [2.24, 2.45) is 0 Å². The lowest BCUT2D eigenvalue weighted by Gasteiger charge is -2.07. The van der Waals surface area contributed by atoms with E-state index in [4.69, 9.17) is 9.52 Å². The standard InChI is InChI=1S/C18H14O4/c1-11(18(20)21)12-6-4-7-14(9-12)17(19)16-10-13-5-2-3-8-15(13)22-16/h2-11H,1H3,(H,20,21). The number of hydrogen-bond donors (Lipinski definition) is 1. The molecule has 0 saturated heterocycles. The highest BCUT2D eigenvalue weighted by Gasteiger charge is 2.18. The summed E-state index contributed by atoms with van der Waals surface area (Å²) in [5.41, 5.74) is 1.67. The monoisotopic (exact) mass is 294 g/mol. The fourth-order valence-electron chi connectivity index (χ4n) is 2.33. The Morgan fingerprint density at radius 3 is 2.55 bits per heavy atom. The molecular weight excluding hydrogens is 280 g/mol. The fourth-order valence-corrected chi connectivity index (χ4v) is 2.33. The highest BCUT2D eigenvalue weighted by Crippen LogP contribution is 2.23. The molecule has 4 nitrogen and oxygen atoms in total. The summed E-state index contributed by atoms with van der Waals surface area (Å²) in [6.45, 7) is 1.59. The SMILES string of the molecule is CC(C(=O)O)c1cccc(C(=O)c2cc3ccccc3o2)c1. The van der Waals surface area contributed by atoms with E-state index in [-0.39, 0.29) is 11.5 Å². The predicted octanol–water partition coefficient (Wildman–Crippen LogP) is 3.85. The number of carboxylic acid groups (broad SMARTS) is 1. The number of rotatable bonds is 4. The van der Waals surface area contributed by atoms with Crippen molar-refractivity contribution in [3.05, 3.63) is 71.5 Å². The third kappa shape index (κ3) is 2.51. The topological polar surface area (TPSA) is 67.5 Å². The van der Waals surface area contributed by atoms with Crippen LogP contribution in [0.1, 0.15) is 34.5 Å². The van der Waals surface area contributed by atoms with Crippen LogP contribution in [0.4, 0.5) is 0 Å². The van der Waals surface area contributed by atoms with Gasteiger partial charge in [0.15, 0.2) is 5.76 Å². The molecule has 0 radical (unpaired) electrons. The summed E-state index contributed by atoms with van der Waals surface area (Å²) in [5.74, 6) is -1.59. The van der Waals surface area contributed by atoms with Gasteiger partial charge in [0.1, 0.15) is 5.58 Å². The average molecular weight is 294 g/mol. The number of ketones is 1. The van der Waals surface area contributed by atoms with Gasteiger partial charge in [0.05, 0.1) is 5.92 Å². The lowest BCUT2D eigenvalue weighted by Crippen LogP contribution is -2.08. The van der Waals surface area contributed by atoms with Crippen LogP contribution in [0.5, 0.6) is 0 Å². The normalized spacial score (nSPS) is 12.2. The van der Waals surface area contributed by atoms with E-state index in [9.17, 15) is 9.59 Å². The number of hydrogen-bond acceptors (Lipinski definition) is 3. The first-order valence-electron chi connectivity index (χ1n) is 6.92. The maximum atomic E-state index is 12.5. The molecule has 1 unspecified atom stereocenters. The van der Waals surface area contributed by atoms with Crippen molar-refractivity contribution in [2.75, 3.05) is 0 Å². The number of fused-ring (bicyclic) bond motifs is 1. The number of carbonyl (C=O) groups excluding carboxylic acids is 1. The maximum absolute atomic E-state index is 12.5. The number of aliphatic carboxylic acids is 1. The quantitative estimate of drug-likeness (QED) is 0.742. The van der Waals surface area contributed by atoms with Gasteiger partial charge in [-0.2, -0.15) is 0 Å². The van der Waals surface area contributed by atoms with E-state index < -0.39 is 11.9 Å². The molecule has 0 aliphatic carbocycles. The Hall–Kier alpha value is -2.88.